The van der Waals surface area contributed by atoms with E-state index in [1.807, 2.05) is 6.07 Å². The summed E-state index contributed by atoms with van der Waals surface area (Å²) in [6, 6.07) is 19.6. The lowest BCUT2D eigenvalue weighted by Gasteiger charge is -2.33. The van der Waals surface area contributed by atoms with Crippen LogP contribution >= 0.6 is 0 Å². The van der Waals surface area contributed by atoms with Gasteiger partial charge in [0.1, 0.15) is 12.4 Å². The minimum absolute atomic E-state index is 0.325. The lowest BCUT2D eigenvalue weighted by atomic mass is 10.0. The Bertz CT molecular complexity index is 705. The molecule has 0 bridgehead atoms. The van der Waals surface area contributed by atoms with Crippen molar-refractivity contribution in [3.05, 3.63) is 90.2 Å². The van der Waals surface area contributed by atoms with Gasteiger partial charge in [-0.05, 0) is 37.1 Å². The first kappa shape index (κ1) is 16.4. The van der Waals surface area contributed by atoms with E-state index in [0.29, 0.717) is 18.7 Å². The Labute approximate surface area is 145 Å². The molecule has 1 aliphatic rings. The van der Waals surface area contributed by atoms with Gasteiger partial charge in [-0.25, -0.2) is 0 Å². The highest BCUT2D eigenvalue weighted by Crippen LogP contribution is 2.22. The number of hydrogen-bond acceptors (Lipinski definition) is 2. The second-order valence-corrected chi connectivity index (χ2v) is 6.34. The van der Waals surface area contributed by atoms with Gasteiger partial charge in [0, 0.05) is 18.7 Å². The Morgan fingerprint density at radius 3 is 2.54 bits per heavy atom. The lowest BCUT2D eigenvalue weighted by Crippen LogP contribution is -2.39. The topological polar surface area (TPSA) is 12.5 Å². The van der Waals surface area contributed by atoms with E-state index in [0.717, 1.165) is 12.2 Å². The third-order valence-corrected chi connectivity index (χ3v) is 4.43. The standard InChI is InChI=1S/C22H25NO/c1-18-10-8-9-15-23(18)19(2)17-24-22-14-7-6-13-21(22)16-20-11-4-3-5-12-20/h3-15,18-19H,16-17H2,1-2H3/t18-,19?/m1/s1. The monoisotopic (exact) mass is 319 g/mol. The SMILES string of the molecule is CC(COc1ccccc1Cc1ccccc1)N1C=CC=C[C@H]1C. The second-order valence-electron chi connectivity index (χ2n) is 6.34. The summed E-state index contributed by atoms with van der Waals surface area (Å²) in [5.74, 6) is 0.984. The molecule has 124 valence electrons. The molecule has 2 nitrogen and oxygen atoms in total. The molecule has 1 aliphatic heterocycles. The summed E-state index contributed by atoms with van der Waals surface area (Å²) in [4.78, 5) is 2.33. The first-order chi connectivity index (χ1) is 11.7. The molecule has 3 rings (SSSR count). The zero-order chi connectivity index (χ0) is 16.8. The van der Waals surface area contributed by atoms with E-state index in [9.17, 15) is 0 Å². The predicted octanol–water partition coefficient (Wildman–Crippen LogP) is 4.82. The Morgan fingerprint density at radius 2 is 1.75 bits per heavy atom. The van der Waals surface area contributed by atoms with E-state index in [1.54, 1.807) is 0 Å². The highest BCUT2D eigenvalue weighted by Gasteiger charge is 2.17. The summed E-state index contributed by atoms with van der Waals surface area (Å²) in [6.07, 6.45) is 9.44. The summed E-state index contributed by atoms with van der Waals surface area (Å²) in [7, 11) is 0. The van der Waals surface area contributed by atoms with Crippen LogP contribution in [-0.4, -0.2) is 23.6 Å². The van der Waals surface area contributed by atoms with Crippen LogP contribution in [-0.2, 0) is 6.42 Å². The van der Waals surface area contributed by atoms with E-state index >= 15 is 0 Å². The summed E-state index contributed by atoms with van der Waals surface area (Å²) in [5, 5.41) is 0. The van der Waals surface area contributed by atoms with E-state index in [1.165, 1.54) is 11.1 Å². The molecule has 0 saturated heterocycles. The van der Waals surface area contributed by atoms with Crippen LogP contribution in [0.5, 0.6) is 5.75 Å². The number of para-hydroxylation sites is 1. The lowest BCUT2D eigenvalue weighted by molar-refractivity contribution is 0.173. The van der Waals surface area contributed by atoms with Crippen LogP contribution in [0.25, 0.3) is 0 Å². The predicted molar refractivity (Wildman–Crippen MR) is 100 cm³/mol. The van der Waals surface area contributed by atoms with Gasteiger partial charge in [0.25, 0.3) is 0 Å². The van der Waals surface area contributed by atoms with Gasteiger partial charge in [0.15, 0.2) is 0 Å². The van der Waals surface area contributed by atoms with Gasteiger partial charge >= 0.3 is 0 Å². The van der Waals surface area contributed by atoms with E-state index in [4.69, 9.17) is 4.74 Å². The third-order valence-electron chi connectivity index (χ3n) is 4.43. The van der Waals surface area contributed by atoms with Crippen molar-refractivity contribution < 1.29 is 4.74 Å². The van der Waals surface area contributed by atoms with Gasteiger partial charge in [0.05, 0.1) is 6.04 Å². The summed E-state index contributed by atoms with van der Waals surface area (Å²) < 4.78 is 6.17. The van der Waals surface area contributed by atoms with Crippen LogP contribution in [0.3, 0.4) is 0 Å². The van der Waals surface area contributed by atoms with Gasteiger partial charge < -0.3 is 9.64 Å². The maximum absolute atomic E-state index is 6.17. The van der Waals surface area contributed by atoms with Crippen molar-refractivity contribution in [2.45, 2.75) is 32.4 Å². The van der Waals surface area contributed by atoms with Crippen LogP contribution in [0.15, 0.2) is 79.0 Å². The van der Waals surface area contributed by atoms with Crippen LogP contribution in [0.4, 0.5) is 0 Å². The van der Waals surface area contributed by atoms with Crippen LogP contribution in [0.1, 0.15) is 25.0 Å². The number of ether oxygens (including phenoxy) is 1. The van der Waals surface area contributed by atoms with Crippen molar-refractivity contribution in [3.8, 4) is 5.75 Å². The highest BCUT2D eigenvalue weighted by atomic mass is 16.5. The van der Waals surface area contributed by atoms with Crippen LogP contribution in [0, 0.1) is 0 Å². The summed E-state index contributed by atoms with van der Waals surface area (Å²) >= 11 is 0. The van der Waals surface area contributed by atoms with E-state index in [-0.39, 0.29) is 0 Å². The number of hydrogen-bond donors (Lipinski definition) is 0. The van der Waals surface area contributed by atoms with E-state index < -0.39 is 0 Å². The van der Waals surface area contributed by atoms with Gasteiger partial charge in [-0.15, -0.1) is 0 Å². The molecule has 0 N–H and O–H groups in total. The molecule has 2 atom stereocenters. The Hall–Kier alpha value is -2.48. The molecule has 2 aromatic rings. The van der Waals surface area contributed by atoms with Crippen molar-refractivity contribution in [1.82, 2.24) is 4.90 Å². The molecule has 2 heteroatoms. The minimum atomic E-state index is 0.325. The minimum Gasteiger partial charge on any atom is -0.491 e. The number of nitrogens with zero attached hydrogens (tertiary/aromatic N) is 1. The Morgan fingerprint density at radius 1 is 1.00 bits per heavy atom. The number of benzene rings is 2. The Kier molecular flexibility index (Phi) is 5.37. The highest BCUT2D eigenvalue weighted by molar-refractivity contribution is 5.37. The molecule has 24 heavy (non-hydrogen) atoms. The van der Waals surface area contributed by atoms with Crippen molar-refractivity contribution in [3.63, 3.8) is 0 Å². The fourth-order valence-electron chi connectivity index (χ4n) is 3.06. The fourth-order valence-corrected chi connectivity index (χ4v) is 3.06. The molecule has 0 radical (unpaired) electrons. The Balaban J connectivity index is 1.65. The molecular weight excluding hydrogens is 294 g/mol. The number of rotatable bonds is 6. The largest absolute Gasteiger partial charge is 0.491 e. The molecule has 0 aromatic heterocycles. The van der Waals surface area contributed by atoms with Gasteiger partial charge in [-0.2, -0.15) is 0 Å². The van der Waals surface area contributed by atoms with E-state index in [2.05, 4.69) is 91.7 Å². The maximum Gasteiger partial charge on any atom is 0.122 e. The van der Waals surface area contributed by atoms with Gasteiger partial charge in [-0.3, -0.25) is 0 Å². The molecule has 0 fully saturated rings. The molecule has 0 amide bonds. The quantitative estimate of drug-likeness (QED) is 0.757. The zero-order valence-corrected chi connectivity index (χ0v) is 14.4. The molecule has 1 unspecified atom stereocenters. The first-order valence-corrected chi connectivity index (χ1v) is 8.61. The average Bonchev–Trinajstić information content (AvgIpc) is 2.62. The number of allylic oxidation sites excluding steroid dienone is 2. The third kappa shape index (κ3) is 4.08. The second kappa shape index (κ2) is 7.87. The first-order valence-electron chi connectivity index (χ1n) is 8.61. The van der Waals surface area contributed by atoms with Gasteiger partial charge in [-0.1, -0.05) is 60.7 Å². The van der Waals surface area contributed by atoms with Crippen molar-refractivity contribution in [2.24, 2.45) is 0 Å². The summed E-state index contributed by atoms with van der Waals surface area (Å²) in [5.41, 5.74) is 2.54. The maximum atomic E-state index is 6.17. The van der Waals surface area contributed by atoms with Crippen molar-refractivity contribution >= 4 is 0 Å². The van der Waals surface area contributed by atoms with Gasteiger partial charge in [0.2, 0.25) is 0 Å². The normalized spacial score (nSPS) is 17.8. The van der Waals surface area contributed by atoms with Crippen LogP contribution in [0.2, 0.25) is 0 Å². The fraction of sp³-hybridized carbons (Fsp3) is 0.273. The zero-order valence-electron chi connectivity index (χ0n) is 14.4. The molecule has 1 heterocycles. The van der Waals surface area contributed by atoms with Crippen molar-refractivity contribution in [1.29, 1.82) is 0 Å². The van der Waals surface area contributed by atoms with Crippen LogP contribution < -0.4 is 4.74 Å². The van der Waals surface area contributed by atoms with Crippen molar-refractivity contribution in [2.75, 3.05) is 6.61 Å². The smallest absolute Gasteiger partial charge is 0.122 e. The summed E-state index contributed by atoms with van der Waals surface area (Å²) in [6.45, 7) is 5.09. The molecule has 0 saturated carbocycles. The average molecular weight is 319 g/mol. The molecule has 0 aliphatic carbocycles. The molecule has 2 aromatic carbocycles. The molecular formula is C22H25NO. The molecule has 0 spiro atoms.